The molecule has 0 saturated carbocycles. The monoisotopic (exact) mass is 174 g/mol. The molecule has 1 heterocycles. The van der Waals surface area contributed by atoms with E-state index in [2.05, 4.69) is 20.5 Å². The summed E-state index contributed by atoms with van der Waals surface area (Å²) >= 11 is 0. The quantitative estimate of drug-likeness (QED) is 0.748. The van der Waals surface area contributed by atoms with E-state index in [4.69, 9.17) is 0 Å². The van der Waals surface area contributed by atoms with Crippen molar-refractivity contribution in [1.29, 1.82) is 0 Å². The van der Waals surface area contributed by atoms with E-state index >= 15 is 0 Å². The maximum absolute atomic E-state index is 4.28. The predicted molar refractivity (Wildman–Crippen MR) is 51.5 cm³/mol. The molecule has 1 N–H and O–H groups in total. The topological polar surface area (TPSA) is 50.7 Å². The van der Waals surface area contributed by atoms with Crippen molar-refractivity contribution in [3.8, 4) is 0 Å². The van der Waals surface area contributed by atoms with E-state index in [-0.39, 0.29) is 0 Å². The van der Waals surface area contributed by atoms with E-state index in [1.165, 1.54) is 0 Å². The highest BCUT2D eigenvalue weighted by molar-refractivity contribution is 5.73. The molecule has 0 spiro atoms. The molecule has 0 atom stereocenters. The van der Waals surface area contributed by atoms with Crippen LogP contribution >= 0.6 is 0 Å². The van der Waals surface area contributed by atoms with E-state index < -0.39 is 0 Å². The molecule has 66 valence electrons. The molecule has 0 bridgehead atoms. The highest BCUT2D eigenvalue weighted by atomic mass is 15.2. The Hall–Kier alpha value is -1.71. The van der Waals surface area contributed by atoms with Crippen molar-refractivity contribution < 1.29 is 0 Å². The zero-order valence-electron chi connectivity index (χ0n) is 7.36. The first-order chi connectivity index (χ1) is 6.40. The van der Waals surface area contributed by atoms with Crippen molar-refractivity contribution in [2.75, 3.05) is 11.9 Å². The smallest absolute Gasteiger partial charge is 0.243 e. The molecule has 0 fully saturated rings. The van der Waals surface area contributed by atoms with Crippen LogP contribution in [0, 0.1) is 0 Å². The van der Waals surface area contributed by atoms with Crippen LogP contribution in [0.3, 0.4) is 0 Å². The van der Waals surface area contributed by atoms with Crippen LogP contribution in [0.1, 0.15) is 6.92 Å². The summed E-state index contributed by atoms with van der Waals surface area (Å²) in [4.78, 5) is 4.28. The van der Waals surface area contributed by atoms with Gasteiger partial charge in [0, 0.05) is 6.54 Å². The van der Waals surface area contributed by atoms with Crippen LogP contribution in [0.4, 0.5) is 5.95 Å². The van der Waals surface area contributed by atoms with E-state index in [0.717, 1.165) is 17.6 Å². The van der Waals surface area contributed by atoms with Crippen molar-refractivity contribution >= 4 is 17.0 Å². The molecule has 0 aliphatic rings. The fraction of sp³-hybridized carbons (Fsp3) is 0.222. The second kappa shape index (κ2) is 3.35. The maximum atomic E-state index is 4.28. The SMILES string of the molecule is CCNc1nnc2ccccc2n1. The van der Waals surface area contributed by atoms with Crippen molar-refractivity contribution in [3.05, 3.63) is 24.3 Å². The van der Waals surface area contributed by atoms with Crippen molar-refractivity contribution in [2.45, 2.75) is 6.92 Å². The second-order valence-corrected chi connectivity index (χ2v) is 2.65. The standard InChI is InChI=1S/C9H10N4/c1-2-10-9-11-7-5-3-4-6-8(7)12-13-9/h3-6H,2H2,1H3,(H,10,11,13). The molecule has 0 radical (unpaired) electrons. The van der Waals surface area contributed by atoms with Gasteiger partial charge in [-0.05, 0) is 19.1 Å². The molecular weight excluding hydrogens is 164 g/mol. The third kappa shape index (κ3) is 1.56. The number of aromatic nitrogens is 3. The molecule has 1 aromatic carbocycles. The van der Waals surface area contributed by atoms with Crippen LogP contribution in [0.2, 0.25) is 0 Å². The first-order valence-corrected chi connectivity index (χ1v) is 4.23. The molecule has 0 amide bonds. The van der Waals surface area contributed by atoms with E-state index in [1.807, 2.05) is 31.2 Å². The molecule has 0 aliphatic carbocycles. The number of anilines is 1. The molecule has 0 aliphatic heterocycles. The Balaban J connectivity index is 2.49. The van der Waals surface area contributed by atoms with Gasteiger partial charge in [0.1, 0.15) is 5.52 Å². The Morgan fingerprint density at radius 2 is 1.92 bits per heavy atom. The van der Waals surface area contributed by atoms with Gasteiger partial charge >= 0.3 is 0 Å². The van der Waals surface area contributed by atoms with Crippen LogP contribution < -0.4 is 5.32 Å². The lowest BCUT2D eigenvalue weighted by Gasteiger charge is -2.00. The number of nitrogens with one attached hydrogen (secondary N) is 1. The lowest BCUT2D eigenvalue weighted by atomic mass is 10.3. The summed E-state index contributed by atoms with van der Waals surface area (Å²) in [5.41, 5.74) is 1.69. The van der Waals surface area contributed by atoms with Gasteiger partial charge in [0.25, 0.3) is 0 Å². The molecule has 2 aromatic rings. The number of rotatable bonds is 2. The summed E-state index contributed by atoms with van der Waals surface area (Å²) < 4.78 is 0. The summed E-state index contributed by atoms with van der Waals surface area (Å²) in [7, 11) is 0. The van der Waals surface area contributed by atoms with E-state index in [1.54, 1.807) is 0 Å². The lowest BCUT2D eigenvalue weighted by Crippen LogP contribution is -2.03. The Morgan fingerprint density at radius 1 is 1.15 bits per heavy atom. The van der Waals surface area contributed by atoms with Gasteiger partial charge in [-0.2, -0.15) is 0 Å². The van der Waals surface area contributed by atoms with Gasteiger partial charge in [-0.25, -0.2) is 4.98 Å². The minimum absolute atomic E-state index is 0.584. The van der Waals surface area contributed by atoms with Crippen LogP contribution in [-0.4, -0.2) is 21.7 Å². The van der Waals surface area contributed by atoms with E-state index in [9.17, 15) is 0 Å². The van der Waals surface area contributed by atoms with Gasteiger partial charge < -0.3 is 5.32 Å². The average molecular weight is 174 g/mol. The Labute approximate surface area is 76.0 Å². The number of hydrogen-bond acceptors (Lipinski definition) is 4. The van der Waals surface area contributed by atoms with Gasteiger partial charge in [-0.3, -0.25) is 0 Å². The van der Waals surface area contributed by atoms with Gasteiger partial charge in [-0.1, -0.05) is 12.1 Å². The summed E-state index contributed by atoms with van der Waals surface area (Å²) in [5, 5.41) is 11.0. The van der Waals surface area contributed by atoms with Crippen LogP contribution in [-0.2, 0) is 0 Å². The third-order valence-electron chi connectivity index (χ3n) is 1.70. The highest BCUT2D eigenvalue weighted by Crippen LogP contribution is 2.08. The van der Waals surface area contributed by atoms with Gasteiger partial charge in [0.05, 0.1) is 5.52 Å². The first-order valence-electron chi connectivity index (χ1n) is 4.23. The Kier molecular flexibility index (Phi) is 2.04. The Morgan fingerprint density at radius 3 is 2.69 bits per heavy atom. The minimum Gasteiger partial charge on any atom is -0.353 e. The zero-order chi connectivity index (χ0) is 9.10. The van der Waals surface area contributed by atoms with E-state index in [0.29, 0.717) is 5.95 Å². The molecular formula is C9H10N4. The normalized spacial score (nSPS) is 10.2. The van der Waals surface area contributed by atoms with Gasteiger partial charge in [0.2, 0.25) is 5.95 Å². The molecule has 0 saturated heterocycles. The number of para-hydroxylation sites is 1. The molecule has 4 heteroatoms. The molecule has 0 unspecified atom stereocenters. The fourth-order valence-electron chi connectivity index (χ4n) is 1.11. The minimum atomic E-state index is 0.584. The van der Waals surface area contributed by atoms with Gasteiger partial charge in [-0.15, -0.1) is 10.2 Å². The number of benzene rings is 1. The van der Waals surface area contributed by atoms with Crippen molar-refractivity contribution in [3.63, 3.8) is 0 Å². The van der Waals surface area contributed by atoms with Crippen molar-refractivity contribution in [2.24, 2.45) is 0 Å². The fourth-order valence-corrected chi connectivity index (χ4v) is 1.11. The Bertz CT molecular complexity index is 413. The van der Waals surface area contributed by atoms with Gasteiger partial charge in [0.15, 0.2) is 0 Å². The van der Waals surface area contributed by atoms with Crippen LogP contribution in [0.5, 0.6) is 0 Å². The highest BCUT2D eigenvalue weighted by Gasteiger charge is 1.97. The molecule has 2 rings (SSSR count). The van der Waals surface area contributed by atoms with Crippen LogP contribution in [0.25, 0.3) is 11.0 Å². The summed E-state index contributed by atoms with van der Waals surface area (Å²) in [6.45, 7) is 2.80. The largest absolute Gasteiger partial charge is 0.353 e. The zero-order valence-corrected chi connectivity index (χ0v) is 7.36. The predicted octanol–water partition coefficient (Wildman–Crippen LogP) is 1.46. The first kappa shape index (κ1) is 7.91. The second-order valence-electron chi connectivity index (χ2n) is 2.65. The molecule has 1 aromatic heterocycles. The number of fused-ring (bicyclic) bond motifs is 1. The summed E-state index contributed by atoms with van der Waals surface area (Å²) in [5.74, 6) is 0.584. The molecule has 4 nitrogen and oxygen atoms in total. The number of hydrogen-bond donors (Lipinski definition) is 1. The van der Waals surface area contributed by atoms with Crippen molar-refractivity contribution in [1.82, 2.24) is 15.2 Å². The molecule has 13 heavy (non-hydrogen) atoms. The summed E-state index contributed by atoms with van der Waals surface area (Å²) in [6.07, 6.45) is 0. The average Bonchev–Trinajstić information content (AvgIpc) is 2.18. The third-order valence-corrected chi connectivity index (χ3v) is 1.70. The summed E-state index contributed by atoms with van der Waals surface area (Å²) in [6, 6.07) is 7.67. The number of nitrogens with zero attached hydrogens (tertiary/aromatic N) is 3. The van der Waals surface area contributed by atoms with Crippen LogP contribution in [0.15, 0.2) is 24.3 Å². The maximum Gasteiger partial charge on any atom is 0.243 e. The lowest BCUT2D eigenvalue weighted by molar-refractivity contribution is 0.998.